The molecule has 0 aromatic heterocycles. The van der Waals surface area contributed by atoms with Gasteiger partial charge in [0, 0.05) is 30.4 Å². The van der Waals surface area contributed by atoms with Crippen LogP contribution in [0, 0.1) is 11.3 Å². The summed E-state index contributed by atoms with van der Waals surface area (Å²) < 4.78 is 0. The highest BCUT2D eigenvalue weighted by atomic mass is 14.9. The average Bonchev–Trinajstić information content (AvgIpc) is 2.52. The Labute approximate surface area is 134 Å². The lowest BCUT2D eigenvalue weighted by Crippen LogP contribution is -2.38. The molecule has 0 bridgehead atoms. The summed E-state index contributed by atoms with van der Waals surface area (Å²) in [5, 5.41) is 16.5. The Balaban J connectivity index is 3.34. The largest absolute Gasteiger partial charge is 0.388 e. The molecule has 0 amide bonds. The maximum atomic E-state index is 9.75. The Morgan fingerprint density at radius 1 is 1.36 bits per heavy atom. The minimum absolute atomic E-state index is 0.132. The van der Waals surface area contributed by atoms with E-state index in [9.17, 15) is 5.26 Å². The molecule has 0 heterocycles. The zero-order chi connectivity index (χ0) is 16.5. The molecule has 2 atom stereocenters. The van der Waals surface area contributed by atoms with Crippen LogP contribution in [0.4, 0.5) is 5.69 Å². The van der Waals surface area contributed by atoms with E-state index in [1.807, 2.05) is 37.4 Å². The van der Waals surface area contributed by atoms with Crippen molar-refractivity contribution in [3.8, 4) is 6.07 Å². The number of nitriles is 1. The molecule has 1 rings (SSSR count). The first kappa shape index (κ1) is 18.0. The van der Waals surface area contributed by atoms with E-state index in [0.29, 0.717) is 6.04 Å². The van der Waals surface area contributed by atoms with E-state index in [1.165, 1.54) is 0 Å². The van der Waals surface area contributed by atoms with Crippen LogP contribution in [0.15, 0.2) is 36.9 Å². The van der Waals surface area contributed by atoms with Crippen molar-refractivity contribution in [3.05, 3.63) is 48.1 Å². The number of benzene rings is 1. The van der Waals surface area contributed by atoms with E-state index in [0.717, 1.165) is 23.2 Å². The van der Waals surface area contributed by atoms with Gasteiger partial charge in [-0.25, -0.2) is 0 Å². The van der Waals surface area contributed by atoms with Crippen LogP contribution in [0.2, 0.25) is 0 Å². The summed E-state index contributed by atoms with van der Waals surface area (Å²) in [5.41, 5.74) is 3.13. The molecule has 2 N–H and O–H groups in total. The minimum atomic E-state index is -0.190. The smallest absolute Gasteiger partial charge is 0.0872 e. The van der Waals surface area contributed by atoms with E-state index in [-0.39, 0.29) is 12.0 Å². The molecule has 0 spiro atoms. The lowest BCUT2D eigenvalue weighted by atomic mass is 9.86. The number of nitrogens with zero attached hydrogens (tertiary/aromatic N) is 1. The average molecular weight is 297 g/mol. The summed E-state index contributed by atoms with van der Waals surface area (Å²) in [6, 6.07) is 9.04. The number of rotatable bonds is 8. The molecule has 0 aliphatic heterocycles. The Hall–Kier alpha value is -2.05. The first-order chi connectivity index (χ1) is 10.6. The van der Waals surface area contributed by atoms with Gasteiger partial charge in [-0.2, -0.15) is 5.26 Å². The summed E-state index contributed by atoms with van der Waals surface area (Å²) in [7, 11) is 1.90. The van der Waals surface area contributed by atoms with Crippen molar-refractivity contribution in [2.45, 2.75) is 45.2 Å². The van der Waals surface area contributed by atoms with Gasteiger partial charge in [0.1, 0.15) is 0 Å². The summed E-state index contributed by atoms with van der Waals surface area (Å²) in [6.07, 6.45) is 6.58. The van der Waals surface area contributed by atoms with Crippen LogP contribution >= 0.6 is 0 Å². The molecule has 0 saturated carbocycles. The molecule has 0 aliphatic rings. The standard InChI is InChI=1S/C19H27N3/c1-6-8-10-16-15(11-9-12-19(16)21-5)17(13-20)18(7-2)22-14(3)4/h6,8-12,14,17-18,21-22H,1,7H2,2-5H3/b10-8-. The van der Waals surface area contributed by atoms with Crippen LogP contribution in [0.5, 0.6) is 0 Å². The highest BCUT2D eigenvalue weighted by molar-refractivity contribution is 5.71. The predicted molar refractivity (Wildman–Crippen MR) is 95.9 cm³/mol. The van der Waals surface area contributed by atoms with Crippen LogP contribution < -0.4 is 10.6 Å². The van der Waals surface area contributed by atoms with Crippen molar-refractivity contribution in [2.24, 2.45) is 0 Å². The van der Waals surface area contributed by atoms with Crippen molar-refractivity contribution in [1.29, 1.82) is 5.26 Å². The van der Waals surface area contributed by atoms with Gasteiger partial charge in [0.15, 0.2) is 0 Å². The van der Waals surface area contributed by atoms with Crippen molar-refractivity contribution >= 4 is 11.8 Å². The Morgan fingerprint density at radius 3 is 2.59 bits per heavy atom. The number of nitrogens with one attached hydrogen (secondary N) is 2. The third-order valence-electron chi connectivity index (χ3n) is 3.67. The molecule has 3 nitrogen and oxygen atoms in total. The first-order valence-electron chi connectivity index (χ1n) is 7.84. The second-order valence-electron chi connectivity index (χ2n) is 5.60. The SMILES string of the molecule is C=C/C=C\c1c(NC)cccc1C(C#N)C(CC)NC(C)C. The molecular weight excluding hydrogens is 270 g/mol. The molecule has 0 radical (unpaired) electrons. The number of allylic oxidation sites excluding steroid dienone is 2. The van der Waals surface area contributed by atoms with Crippen LogP contribution in [0.25, 0.3) is 6.08 Å². The van der Waals surface area contributed by atoms with Crippen molar-refractivity contribution in [2.75, 3.05) is 12.4 Å². The zero-order valence-electron chi connectivity index (χ0n) is 14.1. The lowest BCUT2D eigenvalue weighted by Gasteiger charge is -2.26. The number of hydrogen-bond donors (Lipinski definition) is 2. The monoisotopic (exact) mass is 297 g/mol. The van der Waals surface area contributed by atoms with Crippen molar-refractivity contribution in [3.63, 3.8) is 0 Å². The summed E-state index contributed by atoms with van der Waals surface area (Å²) in [6.45, 7) is 10.1. The first-order valence-corrected chi connectivity index (χ1v) is 7.84. The van der Waals surface area contributed by atoms with Gasteiger partial charge >= 0.3 is 0 Å². The zero-order valence-corrected chi connectivity index (χ0v) is 14.1. The molecule has 118 valence electrons. The van der Waals surface area contributed by atoms with Crippen molar-refractivity contribution < 1.29 is 0 Å². The summed E-state index contributed by atoms with van der Waals surface area (Å²) >= 11 is 0. The normalized spacial score (nSPS) is 13.8. The minimum Gasteiger partial charge on any atom is -0.388 e. The summed E-state index contributed by atoms with van der Waals surface area (Å²) in [4.78, 5) is 0. The number of anilines is 1. The topological polar surface area (TPSA) is 47.9 Å². The Bertz CT molecular complexity index is 552. The molecule has 0 fully saturated rings. The van der Waals surface area contributed by atoms with Gasteiger partial charge in [0.2, 0.25) is 0 Å². The fourth-order valence-electron chi connectivity index (χ4n) is 2.68. The van der Waals surface area contributed by atoms with E-state index in [2.05, 4.69) is 44.1 Å². The van der Waals surface area contributed by atoms with Gasteiger partial charge in [-0.3, -0.25) is 0 Å². The molecule has 0 aliphatic carbocycles. The van der Waals surface area contributed by atoms with E-state index in [1.54, 1.807) is 6.08 Å². The van der Waals surface area contributed by atoms with Gasteiger partial charge in [0.25, 0.3) is 0 Å². The lowest BCUT2D eigenvalue weighted by molar-refractivity contribution is 0.425. The second kappa shape index (κ2) is 9.07. The third kappa shape index (κ3) is 4.47. The highest BCUT2D eigenvalue weighted by Gasteiger charge is 2.24. The maximum Gasteiger partial charge on any atom is 0.0872 e. The molecule has 22 heavy (non-hydrogen) atoms. The van der Waals surface area contributed by atoms with Gasteiger partial charge in [0.05, 0.1) is 12.0 Å². The van der Waals surface area contributed by atoms with Crippen LogP contribution in [-0.2, 0) is 0 Å². The van der Waals surface area contributed by atoms with Crippen molar-refractivity contribution in [1.82, 2.24) is 5.32 Å². The van der Waals surface area contributed by atoms with Gasteiger partial charge in [-0.15, -0.1) is 0 Å². The quantitative estimate of drug-likeness (QED) is 0.703. The molecule has 0 saturated heterocycles. The Morgan fingerprint density at radius 2 is 2.09 bits per heavy atom. The van der Waals surface area contributed by atoms with E-state index < -0.39 is 0 Å². The number of hydrogen-bond acceptors (Lipinski definition) is 3. The summed E-state index contributed by atoms with van der Waals surface area (Å²) in [5.74, 6) is -0.190. The Kier molecular flexibility index (Phi) is 7.42. The van der Waals surface area contributed by atoms with Crippen LogP contribution in [0.3, 0.4) is 0 Å². The fourth-order valence-corrected chi connectivity index (χ4v) is 2.68. The highest BCUT2D eigenvalue weighted by Crippen LogP contribution is 2.30. The van der Waals surface area contributed by atoms with E-state index in [4.69, 9.17) is 0 Å². The van der Waals surface area contributed by atoms with Gasteiger partial charge < -0.3 is 10.6 Å². The molecule has 3 heteroatoms. The second-order valence-corrected chi connectivity index (χ2v) is 5.60. The van der Waals surface area contributed by atoms with Crippen LogP contribution in [-0.4, -0.2) is 19.1 Å². The van der Waals surface area contributed by atoms with Gasteiger partial charge in [-0.1, -0.05) is 57.7 Å². The molecule has 1 aromatic rings. The van der Waals surface area contributed by atoms with E-state index >= 15 is 0 Å². The molecule has 2 unspecified atom stereocenters. The predicted octanol–water partition coefficient (Wildman–Crippen LogP) is 4.31. The molecule has 1 aromatic carbocycles. The van der Waals surface area contributed by atoms with Gasteiger partial charge in [-0.05, 0) is 18.1 Å². The third-order valence-corrected chi connectivity index (χ3v) is 3.67. The fraction of sp³-hybridized carbons (Fsp3) is 0.421. The van der Waals surface area contributed by atoms with Crippen LogP contribution in [0.1, 0.15) is 44.2 Å². The maximum absolute atomic E-state index is 9.75. The molecular formula is C19H27N3.